The lowest BCUT2D eigenvalue weighted by Gasteiger charge is -2.08. The molecular formula is C18H21N5O. The average Bonchev–Trinajstić information content (AvgIpc) is 3.17. The summed E-state index contributed by atoms with van der Waals surface area (Å²) in [6.07, 6.45) is 3.61. The maximum absolute atomic E-state index is 12.3. The van der Waals surface area contributed by atoms with Gasteiger partial charge in [0.2, 0.25) is 0 Å². The number of aromatic nitrogens is 4. The van der Waals surface area contributed by atoms with Gasteiger partial charge in [0.15, 0.2) is 5.69 Å². The number of anilines is 1. The number of benzene rings is 1. The predicted octanol–water partition coefficient (Wildman–Crippen LogP) is 3.52. The van der Waals surface area contributed by atoms with Crippen LogP contribution in [0.25, 0.3) is 5.69 Å². The molecule has 0 saturated carbocycles. The van der Waals surface area contributed by atoms with Crippen LogP contribution < -0.4 is 5.32 Å². The van der Waals surface area contributed by atoms with Gasteiger partial charge in [-0.1, -0.05) is 0 Å². The highest BCUT2D eigenvalue weighted by molar-refractivity contribution is 6.02. The van der Waals surface area contributed by atoms with Gasteiger partial charge in [-0.3, -0.25) is 9.48 Å². The van der Waals surface area contributed by atoms with Gasteiger partial charge in [-0.2, -0.15) is 5.10 Å². The third-order valence-corrected chi connectivity index (χ3v) is 4.03. The number of imidazole rings is 1. The smallest absolute Gasteiger partial charge is 0.276 e. The normalized spacial score (nSPS) is 11.0. The fraction of sp³-hybridized carbons (Fsp3) is 0.278. The van der Waals surface area contributed by atoms with Crippen molar-refractivity contribution < 1.29 is 4.79 Å². The molecule has 1 aromatic carbocycles. The molecule has 2 heterocycles. The summed E-state index contributed by atoms with van der Waals surface area (Å²) >= 11 is 0. The first-order chi connectivity index (χ1) is 11.5. The van der Waals surface area contributed by atoms with Crippen molar-refractivity contribution in [2.24, 2.45) is 0 Å². The number of rotatable bonds is 4. The Labute approximate surface area is 141 Å². The van der Waals surface area contributed by atoms with E-state index in [4.69, 9.17) is 0 Å². The van der Waals surface area contributed by atoms with Gasteiger partial charge in [0, 0.05) is 29.3 Å². The first-order valence-corrected chi connectivity index (χ1v) is 7.93. The Balaban J connectivity index is 1.74. The maximum Gasteiger partial charge on any atom is 0.276 e. The highest BCUT2D eigenvalue weighted by Gasteiger charge is 2.11. The largest absolute Gasteiger partial charge is 0.321 e. The molecule has 0 spiro atoms. The molecule has 0 radical (unpaired) electrons. The summed E-state index contributed by atoms with van der Waals surface area (Å²) in [5.41, 5.74) is 4.26. The Morgan fingerprint density at radius 2 is 1.83 bits per heavy atom. The second-order valence-corrected chi connectivity index (χ2v) is 6.06. The van der Waals surface area contributed by atoms with Crippen LogP contribution in [-0.2, 0) is 0 Å². The zero-order chi connectivity index (χ0) is 17.3. The molecule has 0 bridgehead atoms. The van der Waals surface area contributed by atoms with Crippen molar-refractivity contribution in [2.45, 2.75) is 33.7 Å². The van der Waals surface area contributed by atoms with Crippen molar-refractivity contribution in [2.75, 3.05) is 5.32 Å². The van der Waals surface area contributed by atoms with Gasteiger partial charge in [-0.15, -0.1) is 0 Å². The summed E-state index contributed by atoms with van der Waals surface area (Å²) in [4.78, 5) is 16.6. The van der Waals surface area contributed by atoms with Crippen LogP contribution in [0.3, 0.4) is 0 Å². The second-order valence-electron chi connectivity index (χ2n) is 6.06. The maximum atomic E-state index is 12.3. The molecule has 3 rings (SSSR count). The molecule has 6 heteroatoms. The zero-order valence-electron chi connectivity index (χ0n) is 14.3. The summed E-state index contributed by atoms with van der Waals surface area (Å²) < 4.78 is 3.79. The molecule has 1 amide bonds. The Morgan fingerprint density at radius 3 is 2.38 bits per heavy atom. The van der Waals surface area contributed by atoms with Gasteiger partial charge in [-0.25, -0.2) is 4.98 Å². The van der Waals surface area contributed by atoms with Crippen molar-refractivity contribution in [1.82, 2.24) is 19.3 Å². The molecule has 0 fully saturated rings. The molecule has 124 valence electrons. The lowest BCUT2D eigenvalue weighted by molar-refractivity contribution is 0.102. The van der Waals surface area contributed by atoms with E-state index >= 15 is 0 Å². The SMILES string of the molecule is Cc1ncn(-c2ccc(NC(=O)c3ccn(C(C)C)n3)cc2)c1C. The van der Waals surface area contributed by atoms with Gasteiger partial charge >= 0.3 is 0 Å². The van der Waals surface area contributed by atoms with Crippen LogP contribution in [0, 0.1) is 13.8 Å². The van der Waals surface area contributed by atoms with Gasteiger partial charge in [0.25, 0.3) is 5.91 Å². The van der Waals surface area contributed by atoms with Crippen LogP contribution in [-0.4, -0.2) is 25.2 Å². The monoisotopic (exact) mass is 323 g/mol. The number of aryl methyl sites for hydroxylation is 1. The van der Waals surface area contributed by atoms with E-state index in [-0.39, 0.29) is 11.9 Å². The van der Waals surface area contributed by atoms with Crippen LogP contribution >= 0.6 is 0 Å². The Kier molecular flexibility index (Phi) is 4.20. The highest BCUT2D eigenvalue weighted by Crippen LogP contribution is 2.17. The molecule has 0 aliphatic rings. The minimum atomic E-state index is -0.211. The molecule has 0 aliphatic carbocycles. The Bertz CT molecular complexity index is 858. The molecule has 0 unspecified atom stereocenters. The molecule has 0 saturated heterocycles. The van der Waals surface area contributed by atoms with Crippen LogP contribution in [0.15, 0.2) is 42.9 Å². The van der Waals surface area contributed by atoms with E-state index in [1.807, 2.05) is 62.7 Å². The topological polar surface area (TPSA) is 64.7 Å². The van der Waals surface area contributed by atoms with Crippen molar-refractivity contribution in [3.8, 4) is 5.69 Å². The minimum absolute atomic E-state index is 0.211. The van der Waals surface area contributed by atoms with Gasteiger partial charge < -0.3 is 9.88 Å². The van der Waals surface area contributed by atoms with Crippen LogP contribution in [0.4, 0.5) is 5.69 Å². The molecule has 24 heavy (non-hydrogen) atoms. The van der Waals surface area contributed by atoms with Gasteiger partial charge in [-0.05, 0) is 58.0 Å². The summed E-state index contributed by atoms with van der Waals surface area (Å²) in [6.45, 7) is 8.06. The molecule has 1 N–H and O–H groups in total. The zero-order valence-corrected chi connectivity index (χ0v) is 14.3. The molecule has 0 aliphatic heterocycles. The second kappa shape index (κ2) is 6.31. The van der Waals surface area contributed by atoms with Gasteiger partial charge in [0.1, 0.15) is 0 Å². The summed E-state index contributed by atoms with van der Waals surface area (Å²) in [7, 11) is 0. The number of nitrogens with one attached hydrogen (secondary N) is 1. The van der Waals surface area contributed by atoms with Crippen molar-refractivity contribution in [1.29, 1.82) is 0 Å². The van der Waals surface area contributed by atoms with Crippen LogP contribution in [0.5, 0.6) is 0 Å². The van der Waals surface area contributed by atoms with Gasteiger partial charge in [0.05, 0.1) is 12.0 Å². The predicted molar refractivity (Wildman–Crippen MR) is 93.6 cm³/mol. The molecular weight excluding hydrogens is 302 g/mol. The van der Waals surface area contributed by atoms with E-state index in [1.54, 1.807) is 17.1 Å². The quantitative estimate of drug-likeness (QED) is 0.799. The number of hydrogen-bond acceptors (Lipinski definition) is 3. The van der Waals surface area contributed by atoms with E-state index in [2.05, 4.69) is 15.4 Å². The third-order valence-electron chi connectivity index (χ3n) is 4.03. The van der Waals surface area contributed by atoms with Crippen LogP contribution in [0.2, 0.25) is 0 Å². The fourth-order valence-electron chi connectivity index (χ4n) is 2.41. The number of hydrogen-bond donors (Lipinski definition) is 1. The first kappa shape index (κ1) is 16.0. The standard InChI is InChI=1S/C18H21N5O/c1-12(2)23-10-9-17(21-23)18(24)20-15-5-7-16(8-6-15)22-11-19-13(3)14(22)4/h5-12H,1-4H3,(H,20,24). The lowest BCUT2D eigenvalue weighted by atomic mass is 10.2. The van der Waals surface area contributed by atoms with Crippen molar-refractivity contribution in [3.05, 3.63) is 59.9 Å². The Hall–Kier alpha value is -2.89. The number of carbonyl (C=O) groups is 1. The number of nitrogens with zero attached hydrogens (tertiary/aromatic N) is 4. The number of amides is 1. The molecule has 2 aromatic heterocycles. The number of carbonyl (C=O) groups excluding carboxylic acids is 1. The van der Waals surface area contributed by atoms with E-state index in [0.29, 0.717) is 5.69 Å². The summed E-state index contributed by atoms with van der Waals surface area (Å²) in [5.74, 6) is -0.211. The van der Waals surface area contributed by atoms with E-state index in [9.17, 15) is 4.79 Å². The molecule has 0 atom stereocenters. The molecule has 6 nitrogen and oxygen atoms in total. The third kappa shape index (κ3) is 3.08. The van der Waals surface area contributed by atoms with Crippen molar-refractivity contribution >= 4 is 11.6 Å². The minimum Gasteiger partial charge on any atom is -0.321 e. The van der Waals surface area contributed by atoms with E-state index in [1.165, 1.54) is 0 Å². The van der Waals surface area contributed by atoms with E-state index in [0.717, 1.165) is 22.8 Å². The average molecular weight is 323 g/mol. The highest BCUT2D eigenvalue weighted by atomic mass is 16.1. The first-order valence-electron chi connectivity index (χ1n) is 7.93. The van der Waals surface area contributed by atoms with E-state index < -0.39 is 0 Å². The van der Waals surface area contributed by atoms with Crippen LogP contribution in [0.1, 0.15) is 41.8 Å². The summed E-state index contributed by atoms with van der Waals surface area (Å²) in [6, 6.07) is 9.62. The lowest BCUT2D eigenvalue weighted by Crippen LogP contribution is -2.13. The fourth-order valence-corrected chi connectivity index (χ4v) is 2.41. The summed E-state index contributed by atoms with van der Waals surface area (Å²) in [5, 5.41) is 7.15. The Morgan fingerprint density at radius 1 is 1.12 bits per heavy atom. The molecule has 3 aromatic rings. The van der Waals surface area contributed by atoms with Crippen molar-refractivity contribution in [3.63, 3.8) is 0 Å².